The maximum Gasteiger partial charge on any atom is 0.290 e. The zero-order valence-corrected chi connectivity index (χ0v) is 15.9. The number of para-hydroxylation sites is 1. The summed E-state index contributed by atoms with van der Waals surface area (Å²) in [6.45, 7) is 4.45. The Hall–Kier alpha value is -3.47. The zero-order chi connectivity index (χ0) is 19.5. The largest absolute Gasteiger partial charge is 0.451 e. The van der Waals surface area contributed by atoms with E-state index in [0.717, 1.165) is 27.7 Å². The molecular weight excluding hydrogens is 350 g/mol. The van der Waals surface area contributed by atoms with Gasteiger partial charge in [-0.05, 0) is 43.7 Å². The van der Waals surface area contributed by atoms with Gasteiger partial charge < -0.3 is 9.32 Å². The van der Waals surface area contributed by atoms with Gasteiger partial charge in [0.05, 0.1) is 0 Å². The molecule has 5 heteroatoms. The van der Waals surface area contributed by atoms with Crippen molar-refractivity contribution >= 4 is 16.9 Å². The van der Waals surface area contributed by atoms with E-state index < -0.39 is 0 Å². The molecule has 0 aliphatic heterocycles. The number of rotatable bonds is 5. The number of nitrogens with zero attached hydrogens (tertiary/aromatic N) is 3. The van der Waals surface area contributed by atoms with E-state index in [1.807, 2.05) is 56.3 Å². The monoisotopic (exact) mass is 371 g/mol. The molecule has 0 radical (unpaired) electrons. The number of benzene rings is 1. The fourth-order valence-electron chi connectivity index (χ4n) is 3.18. The van der Waals surface area contributed by atoms with Gasteiger partial charge in [0.2, 0.25) is 0 Å². The minimum atomic E-state index is -0.127. The molecule has 0 spiro atoms. The number of hydrogen-bond acceptors (Lipinski definition) is 4. The summed E-state index contributed by atoms with van der Waals surface area (Å²) in [5, 5.41) is 0.926. The van der Waals surface area contributed by atoms with Gasteiger partial charge in [0.1, 0.15) is 5.58 Å². The predicted octanol–water partition coefficient (Wildman–Crippen LogP) is 4.94. The van der Waals surface area contributed by atoms with Crippen LogP contribution in [0.25, 0.3) is 22.1 Å². The first kappa shape index (κ1) is 17.9. The molecule has 0 atom stereocenters. The minimum Gasteiger partial charge on any atom is -0.451 e. The molecule has 1 amide bonds. The second kappa shape index (κ2) is 7.64. The summed E-state index contributed by atoms with van der Waals surface area (Å²) in [7, 11) is 0. The number of pyridine rings is 2. The van der Waals surface area contributed by atoms with Gasteiger partial charge in [-0.3, -0.25) is 14.8 Å². The Bertz CT molecular complexity index is 1070. The van der Waals surface area contributed by atoms with Crippen LogP contribution >= 0.6 is 0 Å². The number of fused-ring (bicyclic) bond motifs is 1. The topological polar surface area (TPSA) is 59.2 Å². The Morgan fingerprint density at radius 3 is 2.57 bits per heavy atom. The molecule has 0 saturated heterocycles. The molecule has 0 saturated carbocycles. The van der Waals surface area contributed by atoms with Crippen molar-refractivity contribution in [3.63, 3.8) is 0 Å². The minimum absolute atomic E-state index is 0.0164. The van der Waals surface area contributed by atoms with E-state index in [1.54, 1.807) is 35.8 Å². The van der Waals surface area contributed by atoms with Crippen LogP contribution in [0.1, 0.15) is 30.0 Å². The van der Waals surface area contributed by atoms with Crippen LogP contribution in [0.5, 0.6) is 0 Å². The van der Waals surface area contributed by atoms with Gasteiger partial charge in [0.15, 0.2) is 5.76 Å². The van der Waals surface area contributed by atoms with Gasteiger partial charge in [-0.1, -0.05) is 24.3 Å². The predicted molar refractivity (Wildman–Crippen MR) is 109 cm³/mol. The Balaban J connectivity index is 1.61. The SMILES string of the molecule is CC(C)N(Cc1cncc(-c2cccnc2)c1)C(=O)c1cc2ccccc2o1. The Morgan fingerprint density at radius 2 is 1.82 bits per heavy atom. The first-order valence-electron chi connectivity index (χ1n) is 9.25. The number of hydrogen-bond donors (Lipinski definition) is 0. The normalized spacial score (nSPS) is 11.1. The molecule has 1 aromatic carbocycles. The van der Waals surface area contributed by atoms with Crippen molar-refractivity contribution in [3.05, 3.63) is 84.6 Å². The molecule has 3 aromatic heterocycles. The van der Waals surface area contributed by atoms with Gasteiger partial charge in [-0.25, -0.2) is 0 Å². The van der Waals surface area contributed by atoms with Crippen LogP contribution in [-0.4, -0.2) is 26.8 Å². The zero-order valence-electron chi connectivity index (χ0n) is 15.9. The lowest BCUT2D eigenvalue weighted by atomic mass is 10.1. The third-order valence-corrected chi connectivity index (χ3v) is 4.66. The van der Waals surface area contributed by atoms with Crippen LogP contribution in [0.15, 0.2) is 77.7 Å². The highest BCUT2D eigenvalue weighted by Crippen LogP contribution is 2.23. The van der Waals surface area contributed by atoms with Crippen LogP contribution in [0.4, 0.5) is 0 Å². The van der Waals surface area contributed by atoms with Crippen molar-refractivity contribution in [2.45, 2.75) is 26.4 Å². The quantitative estimate of drug-likeness (QED) is 0.498. The number of amides is 1. The Kier molecular flexibility index (Phi) is 4.89. The summed E-state index contributed by atoms with van der Waals surface area (Å²) < 4.78 is 5.78. The van der Waals surface area contributed by atoms with Crippen LogP contribution in [0.3, 0.4) is 0 Å². The van der Waals surface area contributed by atoms with E-state index in [1.165, 1.54) is 0 Å². The molecule has 0 N–H and O–H groups in total. The van der Waals surface area contributed by atoms with Gasteiger partial charge in [0.25, 0.3) is 5.91 Å². The third kappa shape index (κ3) is 3.64. The van der Waals surface area contributed by atoms with E-state index in [-0.39, 0.29) is 11.9 Å². The molecule has 5 nitrogen and oxygen atoms in total. The van der Waals surface area contributed by atoms with E-state index in [9.17, 15) is 4.79 Å². The molecule has 0 fully saturated rings. The average molecular weight is 371 g/mol. The molecule has 4 aromatic rings. The summed E-state index contributed by atoms with van der Waals surface area (Å²) in [5.74, 6) is 0.226. The number of furan rings is 1. The molecule has 28 heavy (non-hydrogen) atoms. The fourth-order valence-corrected chi connectivity index (χ4v) is 3.18. The van der Waals surface area contributed by atoms with Crippen LogP contribution in [-0.2, 0) is 6.54 Å². The van der Waals surface area contributed by atoms with Gasteiger partial charge in [0, 0.05) is 53.9 Å². The first-order valence-corrected chi connectivity index (χ1v) is 9.25. The third-order valence-electron chi connectivity index (χ3n) is 4.66. The van der Waals surface area contributed by atoms with Crippen LogP contribution in [0, 0.1) is 0 Å². The van der Waals surface area contributed by atoms with E-state index in [2.05, 4.69) is 9.97 Å². The number of aromatic nitrogens is 2. The van der Waals surface area contributed by atoms with Crippen molar-refractivity contribution in [1.29, 1.82) is 0 Å². The van der Waals surface area contributed by atoms with E-state index in [4.69, 9.17) is 4.42 Å². The average Bonchev–Trinajstić information content (AvgIpc) is 3.16. The standard InChI is InChI=1S/C23H21N3O2/c1-16(2)26(23(27)22-11-18-6-3-4-8-21(18)28-22)15-17-10-20(14-25-12-17)19-7-5-9-24-13-19/h3-14,16H,15H2,1-2H3. The smallest absolute Gasteiger partial charge is 0.290 e. The lowest BCUT2D eigenvalue weighted by Crippen LogP contribution is -2.36. The van der Waals surface area contributed by atoms with Crippen LogP contribution in [0.2, 0.25) is 0 Å². The van der Waals surface area contributed by atoms with Gasteiger partial charge in [-0.2, -0.15) is 0 Å². The number of carbonyl (C=O) groups is 1. The van der Waals surface area contributed by atoms with Gasteiger partial charge in [-0.15, -0.1) is 0 Å². The second-order valence-electron chi connectivity index (χ2n) is 7.00. The molecule has 140 valence electrons. The first-order chi connectivity index (χ1) is 13.6. The maximum atomic E-state index is 13.1. The van der Waals surface area contributed by atoms with Crippen molar-refractivity contribution in [2.75, 3.05) is 0 Å². The Labute approximate surface area is 163 Å². The molecular formula is C23H21N3O2. The molecule has 3 heterocycles. The van der Waals surface area contributed by atoms with Crippen LogP contribution < -0.4 is 0 Å². The molecule has 0 aliphatic carbocycles. The summed E-state index contributed by atoms with van der Waals surface area (Å²) in [4.78, 5) is 23.4. The van der Waals surface area contributed by atoms with Crippen molar-refractivity contribution in [3.8, 4) is 11.1 Å². The van der Waals surface area contributed by atoms with Crippen molar-refractivity contribution < 1.29 is 9.21 Å². The molecule has 0 bridgehead atoms. The highest BCUT2D eigenvalue weighted by molar-refractivity contribution is 5.96. The summed E-state index contributed by atoms with van der Waals surface area (Å²) in [6, 6.07) is 15.4. The summed E-state index contributed by atoms with van der Waals surface area (Å²) >= 11 is 0. The van der Waals surface area contributed by atoms with E-state index in [0.29, 0.717) is 12.3 Å². The highest BCUT2D eigenvalue weighted by atomic mass is 16.3. The van der Waals surface area contributed by atoms with Gasteiger partial charge >= 0.3 is 0 Å². The highest BCUT2D eigenvalue weighted by Gasteiger charge is 2.23. The van der Waals surface area contributed by atoms with E-state index >= 15 is 0 Å². The second-order valence-corrected chi connectivity index (χ2v) is 7.00. The van der Waals surface area contributed by atoms with Crippen molar-refractivity contribution in [1.82, 2.24) is 14.9 Å². The summed E-state index contributed by atoms with van der Waals surface area (Å²) in [5.41, 5.74) is 3.65. The lowest BCUT2D eigenvalue weighted by molar-refractivity contribution is 0.0660. The summed E-state index contributed by atoms with van der Waals surface area (Å²) in [6.07, 6.45) is 7.15. The van der Waals surface area contributed by atoms with Crippen molar-refractivity contribution in [2.24, 2.45) is 0 Å². The molecule has 0 unspecified atom stereocenters. The fraction of sp³-hybridized carbons (Fsp3) is 0.174. The maximum absolute atomic E-state index is 13.1. The lowest BCUT2D eigenvalue weighted by Gasteiger charge is -2.26. The molecule has 4 rings (SSSR count). The molecule has 0 aliphatic rings. The Morgan fingerprint density at radius 1 is 1.00 bits per heavy atom. The number of carbonyl (C=O) groups excluding carboxylic acids is 1.